The number of hydrogen-bond acceptors (Lipinski definition) is 7. The summed E-state index contributed by atoms with van der Waals surface area (Å²) in [6.07, 6.45) is 0. The summed E-state index contributed by atoms with van der Waals surface area (Å²) in [7, 11) is 1.07. The molecule has 0 aliphatic carbocycles. The Hall–Kier alpha value is -1.70. The van der Waals surface area contributed by atoms with Gasteiger partial charge in [0.15, 0.2) is 5.13 Å². The summed E-state index contributed by atoms with van der Waals surface area (Å²) in [5.74, 6) is -0.989. The molecular weight excluding hydrogens is 213 g/mol. The molecule has 0 bridgehead atoms. The van der Waals surface area contributed by atoms with Gasteiger partial charge in [0.25, 0.3) is 0 Å². The molecule has 1 rings (SSSR count). The lowest BCUT2D eigenvalue weighted by Crippen LogP contribution is -2.18. The van der Waals surface area contributed by atoms with Crippen LogP contribution in [0.1, 0.15) is 5.69 Å². The first-order valence-electron chi connectivity index (χ1n) is 3.32. The highest BCUT2D eigenvalue weighted by atomic mass is 32.1. The van der Waals surface area contributed by atoms with Crippen LogP contribution in [0.2, 0.25) is 0 Å². The summed E-state index contributed by atoms with van der Waals surface area (Å²) >= 11 is 0.541. The van der Waals surface area contributed by atoms with Gasteiger partial charge in [-0.3, -0.25) is 0 Å². The molecule has 3 N–H and O–H groups in total. The molecule has 0 saturated carbocycles. The smallest absolute Gasteiger partial charge is 0.362 e. The molecule has 0 atom stereocenters. The first kappa shape index (κ1) is 10.4. The van der Waals surface area contributed by atoms with Crippen molar-refractivity contribution in [2.45, 2.75) is 0 Å². The van der Waals surface area contributed by atoms with E-state index in [9.17, 15) is 9.18 Å². The lowest BCUT2D eigenvalue weighted by atomic mass is 10.3. The zero-order valence-electron chi connectivity index (χ0n) is 7.02. The molecule has 0 aliphatic rings. The van der Waals surface area contributed by atoms with Gasteiger partial charge in [-0.05, 0) is 0 Å². The third-order valence-electron chi connectivity index (χ3n) is 1.31. The highest BCUT2D eigenvalue weighted by molar-refractivity contribution is 7.14. The van der Waals surface area contributed by atoms with Crippen molar-refractivity contribution in [1.29, 1.82) is 0 Å². The van der Waals surface area contributed by atoms with Crippen LogP contribution in [0.5, 0.6) is 0 Å². The number of carbonyl (C=O) groups is 1. The average Bonchev–Trinajstić information content (AvgIpc) is 2.47. The number of methoxy groups -OCH3 is 1. The van der Waals surface area contributed by atoms with Crippen molar-refractivity contribution < 1.29 is 19.1 Å². The van der Waals surface area contributed by atoms with Crippen LogP contribution < -0.4 is 5.73 Å². The molecule has 8 heteroatoms. The van der Waals surface area contributed by atoms with Gasteiger partial charge in [-0.2, -0.15) is 4.39 Å². The third-order valence-corrected chi connectivity index (χ3v) is 1.98. The van der Waals surface area contributed by atoms with E-state index < -0.39 is 22.5 Å². The number of thiazole rings is 1. The summed E-state index contributed by atoms with van der Waals surface area (Å²) in [6.45, 7) is 0. The molecule has 0 amide bonds. The Morgan fingerprint density at radius 1 is 1.79 bits per heavy atom. The average molecular weight is 219 g/mol. The molecule has 6 nitrogen and oxygen atoms in total. The lowest BCUT2D eigenvalue weighted by molar-refractivity contribution is -0.132. The van der Waals surface area contributed by atoms with Gasteiger partial charge in [0.1, 0.15) is 5.69 Å². The van der Waals surface area contributed by atoms with E-state index in [2.05, 4.69) is 14.9 Å². The van der Waals surface area contributed by atoms with Crippen LogP contribution in [0.4, 0.5) is 9.52 Å². The van der Waals surface area contributed by atoms with Gasteiger partial charge in [-0.25, -0.2) is 9.78 Å². The molecule has 0 aliphatic heterocycles. The van der Waals surface area contributed by atoms with Crippen molar-refractivity contribution in [3.05, 3.63) is 10.8 Å². The Balaban J connectivity index is 3.14. The number of rotatable bonds is 2. The highest BCUT2D eigenvalue weighted by Gasteiger charge is 2.23. The SMILES string of the molecule is COC(=O)C(=NO)c1nc(N)sc1F. The maximum Gasteiger partial charge on any atom is 0.362 e. The van der Waals surface area contributed by atoms with Gasteiger partial charge in [0, 0.05) is 0 Å². The zero-order chi connectivity index (χ0) is 10.7. The summed E-state index contributed by atoms with van der Waals surface area (Å²) < 4.78 is 17.3. The van der Waals surface area contributed by atoms with Gasteiger partial charge in [0.05, 0.1) is 7.11 Å². The number of carbonyl (C=O) groups excluding carboxylic acids is 1. The molecule has 14 heavy (non-hydrogen) atoms. The Morgan fingerprint density at radius 2 is 2.43 bits per heavy atom. The fourth-order valence-electron chi connectivity index (χ4n) is 0.745. The number of nitrogens with two attached hydrogens (primary N) is 1. The Morgan fingerprint density at radius 3 is 2.79 bits per heavy atom. The van der Waals surface area contributed by atoms with E-state index in [4.69, 9.17) is 10.9 Å². The lowest BCUT2D eigenvalue weighted by Gasteiger charge is -1.97. The quantitative estimate of drug-likeness (QED) is 0.321. The number of esters is 1. The molecular formula is C6H6FN3O3S. The maximum atomic E-state index is 13.0. The number of nitrogen functional groups attached to an aromatic ring is 1. The Labute approximate surface area is 81.8 Å². The first-order valence-corrected chi connectivity index (χ1v) is 4.14. The normalized spacial score (nSPS) is 11.4. The fraction of sp³-hybridized carbons (Fsp3) is 0.167. The van der Waals surface area contributed by atoms with Crippen LogP contribution in [0.25, 0.3) is 0 Å². The second-order valence-corrected chi connectivity index (χ2v) is 3.10. The summed E-state index contributed by atoms with van der Waals surface area (Å²) in [5.41, 5.74) is 4.16. The van der Waals surface area contributed by atoms with Crippen LogP contribution in [-0.2, 0) is 9.53 Å². The number of hydrogen-bond donors (Lipinski definition) is 2. The second-order valence-electron chi connectivity index (χ2n) is 2.11. The van der Waals surface area contributed by atoms with Gasteiger partial charge < -0.3 is 15.7 Å². The molecule has 1 aromatic rings. The van der Waals surface area contributed by atoms with E-state index >= 15 is 0 Å². The highest BCUT2D eigenvalue weighted by Crippen LogP contribution is 2.19. The molecule has 0 saturated heterocycles. The molecule has 0 spiro atoms. The Bertz CT molecular complexity index is 390. The number of ether oxygens (including phenoxy) is 1. The minimum absolute atomic E-state index is 0.0671. The van der Waals surface area contributed by atoms with E-state index in [0.717, 1.165) is 7.11 Å². The minimum Gasteiger partial charge on any atom is -0.464 e. The van der Waals surface area contributed by atoms with E-state index in [1.807, 2.05) is 0 Å². The van der Waals surface area contributed by atoms with E-state index in [-0.39, 0.29) is 5.13 Å². The van der Waals surface area contributed by atoms with Gasteiger partial charge >= 0.3 is 5.97 Å². The van der Waals surface area contributed by atoms with Crippen LogP contribution >= 0.6 is 11.3 Å². The summed E-state index contributed by atoms with van der Waals surface area (Å²) in [5, 5.41) is 10.2. The van der Waals surface area contributed by atoms with Gasteiger partial charge in [-0.15, -0.1) is 0 Å². The van der Waals surface area contributed by atoms with E-state index in [1.165, 1.54) is 0 Å². The van der Waals surface area contributed by atoms with Crippen molar-refractivity contribution in [2.75, 3.05) is 12.8 Å². The van der Waals surface area contributed by atoms with E-state index in [0.29, 0.717) is 11.3 Å². The number of anilines is 1. The van der Waals surface area contributed by atoms with Crippen LogP contribution in [0.3, 0.4) is 0 Å². The van der Waals surface area contributed by atoms with Gasteiger partial charge in [0.2, 0.25) is 10.8 Å². The van der Waals surface area contributed by atoms with Crippen LogP contribution in [0.15, 0.2) is 5.16 Å². The molecule has 0 fully saturated rings. The molecule has 76 valence electrons. The van der Waals surface area contributed by atoms with Crippen molar-refractivity contribution >= 4 is 28.1 Å². The predicted molar refractivity (Wildman–Crippen MR) is 46.8 cm³/mol. The minimum atomic E-state index is -0.989. The summed E-state index contributed by atoms with van der Waals surface area (Å²) in [6, 6.07) is 0. The Kier molecular flexibility index (Phi) is 2.97. The predicted octanol–water partition coefficient (Wildman–Crippen LogP) is 0.216. The number of nitrogens with zero attached hydrogens (tertiary/aromatic N) is 2. The van der Waals surface area contributed by atoms with Crippen molar-refractivity contribution in [1.82, 2.24) is 4.98 Å². The molecule has 0 unspecified atom stereocenters. The number of aromatic nitrogens is 1. The van der Waals surface area contributed by atoms with Crippen molar-refractivity contribution in [3.63, 3.8) is 0 Å². The standard InChI is InChI=1S/C6H6FN3O3S/c1-13-5(11)3(10-12)2-4(7)14-6(8)9-2/h12H,1H3,(H2,8,9). The number of oxime groups is 1. The topological polar surface area (TPSA) is 97.8 Å². The molecule has 1 heterocycles. The monoisotopic (exact) mass is 219 g/mol. The maximum absolute atomic E-state index is 13.0. The van der Waals surface area contributed by atoms with Crippen LogP contribution in [-0.4, -0.2) is 29.0 Å². The second kappa shape index (κ2) is 4.01. The number of halogens is 1. The first-order chi connectivity index (χ1) is 6.60. The summed E-state index contributed by atoms with van der Waals surface area (Å²) in [4.78, 5) is 14.4. The molecule has 0 radical (unpaired) electrons. The zero-order valence-corrected chi connectivity index (χ0v) is 7.84. The van der Waals surface area contributed by atoms with Gasteiger partial charge in [-0.1, -0.05) is 16.5 Å². The molecule has 0 aromatic carbocycles. The van der Waals surface area contributed by atoms with E-state index in [1.54, 1.807) is 0 Å². The third kappa shape index (κ3) is 1.79. The fourth-order valence-corrected chi connectivity index (χ4v) is 1.30. The van der Waals surface area contributed by atoms with Crippen molar-refractivity contribution in [2.24, 2.45) is 5.16 Å². The van der Waals surface area contributed by atoms with Crippen LogP contribution in [0, 0.1) is 5.13 Å². The molecule has 1 aromatic heterocycles. The van der Waals surface area contributed by atoms with Crippen molar-refractivity contribution in [3.8, 4) is 0 Å². The largest absolute Gasteiger partial charge is 0.464 e.